The van der Waals surface area contributed by atoms with Crippen LogP contribution >= 0.6 is 0 Å². The Labute approximate surface area is 233 Å². The van der Waals surface area contributed by atoms with Crippen molar-refractivity contribution in [1.29, 1.82) is 0 Å². The number of hydrogen-bond donors (Lipinski definition) is 1. The van der Waals surface area contributed by atoms with Crippen LogP contribution in [0.4, 0.5) is 18.0 Å². The molecule has 0 aliphatic carbocycles. The highest BCUT2D eigenvalue weighted by atomic mass is 28.3. The normalized spacial score (nSPS) is 16.0. The molecular weight excluding hydrogens is 539 g/mol. The Morgan fingerprint density at radius 3 is 2.40 bits per heavy atom. The molecule has 1 fully saturated rings. The summed E-state index contributed by atoms with van der Waals surface area (Å²) in [5, 5.41) is 14.3. The Bertz CT molecular complexity index is 1280. The first kappa shape index (κ1) is 30.1. The SMILES string of the molecule is C[Si](C)(C)CCOCn1cc2cc(C(F)(F)F)cc(CCOCC3(c4ccccc4)CCN(C(=O)O)CC3)c2n1. The van der Waals surface area contributed by atoms with Gasteiger partial charge in [-0.05, 0) is 48.6 Å². The van der Waals surface area contributed by atoms with Crippen molar-refractivity contribution in [2.75, 3.05) is 32.9 Å². The van der Waals surface area contributed by atoms with E-state index in [0.717, 1.165) is 23.7 Å². The Morgan fingerprint density at radius 1 is 1.07 bits per heavy atom. The van der Waals surface area contributed by atoms with Gasteiger partial charge < -0.3 is 19.5 Å². The second kappa shape index (κ2) is 12.3. The highest BCUT2D eigenvalue weighted by Gasteiger charge is 2.38. The first-order chi connectivity index (χ1) is 18.9. The molecule has 0 bridgehead atoms. The fourth-order valence-electron chi connectivity index (χ4n) is 5.10. The second-order valence-electron chi connectivity index (χ2n) is 11.8. The van der Waals surface area contributed by atoms with Crippen molar-refractivity contribution in [1.82, 2.24) is 14.7 Å². The van der Waals surface area contributed by atoms with E-state index in [1.807, 2.05) is 30.3 Å². The molecule has 0 atom stereocenters. The van der Waals surface area contributed by atoms with Crippen molar-refractivity contribution in [2.24, 2.45) is 0 Å². The molecule has 11 heteroatoms. The minimum absolute atomic E-state index is 0.184. The van der Waals surface area contributed by atoms with Crippen LogP contribution in [0.1, 0.15) is 29.5 Å². The van der Waals surface area contributed by atoms with E-state index in [4.69, 9.17) is 9.47 Å². The lowest BCUT2D eigenvalue weighted by atomic mass is 9.73. The molecule has 0 unspecified atom stereocenters. The van der Waals surface area contributed by atoms with Gasteiger partial charge in [0.2, 0.25) is 0 Å². The number of carboxylic acid groups (broad SMARTS) is 1. The third-order valence-electron chi connectivity index (χ3n) is 7.55. The van der Waals surface area contributed by atoms with Crippen LogP contribution in [0.2, 0.25) is 25.7 Å². The predicted molar refractivity (Wildman–Crippen MR) is 150 cm³/mol. The third kappa shape index (κ3) is 7.64. The summed E-state index contributed by atoms with van der Waals surface area (Å²) in [5.41, 5.74) is 0.994. The van der Waals surface area contributed by atoms with Gasteiger partial charge in [-0.2, -0.15) is 18.3 Å². The summed E-state index contributed by atoms with van der Waals surface area (Å²) in [4.78, 5) is 12.8. The Morgan fingerprint density at radius 2 is 1.77 bits per heavy atom. The molecule has 1 aromatic heterocycles. The Kier molecular flexibility index (Phi) is 9.26. The number of nitrogens with zero attached hydrogens (tertiary/aromatic N) is 3. The lowest BCUT2D eigenvalue weighted by molar-refractivity contribution is -0.137. The average molecular weight is 578 g/mol. The lowest BCUT2D eigenvalue weighted by Gasteiger charge is -2.41. The Hall–Kier alpha value is -2.89. The molecule has 0 radical (unpaired) electrons. The van der Waals surface area contributed by atoms with E-state index >= 15 is 0 Å². The monoisotopic (exact) mass is 577 g/mol. The molecular formula is C29H38F3N3O4Si. The highest BCUT2D eigenvalue weighted by molar-refractivity contribution is 6.76. The smallest absolute Gasteiger partial charge is 0.416 e. The van der Waals surface area contributed by atoms with Gasteiger partial charge in [-0.1, -0.05) is 50.0 Å². The molecule has 1 amide bonds. The quantitative estimate of drug-likeness (QED) is 0.204. The molecule has 3 aromatic rings. The molecule has 7 nitrogen and oxygen atoms in total. The minimum Gasteiger partial charge on any atom is -0.465 e. The van der Waals surface area contributed by atoms with Gasteiger partial charge in [-0.15, -0.1) is 0 Å². The van der Waals surface area contributed by atoms with Crippen LogP contribution in [0.5, 0.6) is 0 Å². The van der Waals surface area contributed by atoms with Crippen molar-refractivity contribution in [2.45, 2.75) is 63.3 Å². The highest BCUT2D eigenvalue weighted by Crippen LogP contribution is 2.37. The summed E-state index contributed by atoms with van der Waals surface area (Å²) in [7, 11) is -1.25. The standard InChI is InChI=1S/C29H38F3N3O4Si/c1-40(2,3)16-15-39-21-35-19-23-18-25(29(30,31)32)17-22(26(23)33-35)9-14-38-20-28(24-7-5-4-6-8-24)10-12-34(13-11-28)27(36)37/h4-8,17-19H,9-16,20-21H2,1-3H3,(H,36,37). The van der Waals surface area contributed by atoms with E-state index in [-0.39, 0.29) is 25.2 Å². The Balaban J connectivity index is 1.46. The molecule has 2 heterocycles. The van der Waals surface area contributed by atoms with Gasteiger partial charge in [0.25, 0.3) is 0 Å². The summed E-state index contributed by atoms with van der Waals surface area (Å²) in [6.07, 6.45) is -2.32. The van der Waals surface area contributed by atoms with Gasteiger partial charge >= 0.3 is 12.3 Å². The number of benzene rings is 2. The number of fused-ring (bicyclic) bond motifs is 1. The zero-order valence-electron chi connectivity index (χ0n) is 23.3. The number of hydrogen-bond acceptors (Lipinski definition) is 4. The van der Waals surface area contributed by atoms with Gasteiger partial charge in [0.15, 0.2) is 0 Å². The third-order valence-corrected chi connectivity index (χ3v) is 9.26. The molecule has 1 N–H and O–H groups in total. The molecule has 2 aromatic carbocycles. The summed E-state index contributed by atoms with van der Waals surface area (Å²) < 4.78 is 54.5. The summed E-state index contributed by atoms with van der Waals surface area (Å²) in [5.74, 6) is 0. The van der Waals surface area contributed by atoms with E-state index in [0.29, 0.717) is 55.6 Å². The number of aromatic nitrogens is 2. The minimum atomic E-state index is -4.48. The molecule has 1 saturated heterocycles. The zero-order chi connectivity index (χ0) is 29.0. The number of rotatable bonds is 11. The number of halogens is 3. The topological polar surface area (TPSA) is 76.8 Å². The van der Waals surface area contributed by atoms with E-state index in [1.54, 1.807) is 10.9 Å². The molecule has 40 heavy (non-hydrogen) atoms. The lowest BCUT2D eigenvalue weighted by Crippen LogP contribution is -2.47. The van der Waals surface area contributed by atoms with Gasteiger partial charge in [-0.3, -0.25) is 0 Å². The number of amides is 1. The van der Waals surface area contributed by atoms with Crippen LogP contribution in [0.25, 0.3) is 10.9 Å². The number of carbonyl (C=O) groups is 1. The molecule has 4 rings (SSSR count). The van der Waals surface area contributed by atoms with Crippen molar-refractivity contribution >= 4 is 25.1 Å². The van der Waals surface area contributed by atoms with Crippen LogP contribution in [-0.2, 0) is 34.2 Å². The van der Waals surface area contributed by atoms with Gasteiger partial charge in [0.05, 0.1) is 24.3 Å². The molecule has 1 aliphatic rings. The van der Waals surface area contributed by atoms with Gasteiger partial charge in [-0.25, -0.2) is 9.48 Å². The first-order valence-electron chi connectivity index (χ1n) is 13.6. The molecule has 0 saturated carbocycles. The van der Waals surface area contributed by atoms with Crippen molar-refractivity contribution in [3.05, 3.63) is 65.4 Å². The summed E-state index contributed by atoms with van der Waals surface area (Å²) in [6, 6.07) is 13.2. The molecule has 1 aliphatic heterocycles. The maximum Gasteiger partial charge on any atom is 0.416 e. The van der Waals surface area contributed by atoms with Crippen molar-refractivity contribution in [3.63, 3.8) is 0 Å². The van der Waals surface area contributed by atoms with Crippen molar-refractivity contribution < 1.29 is 32.5 Å². The second-order valence-corrected chi connectivity index (χ2v) is 17.4. The number of alkyl halides is 3. The van der Waals surface area contributed by atoms with E-state index in [1.165, 1.54) is 4.90 Å². The summed E-state index contributed by atoms with van der Waals surface area (Å²) >= 11 is 0. The van der Waals surface area contributed by atoms with Gasteiger partial charge in [0, 0.05) is 44.8 Å². The first-order valence-corrected chi connectivity index (χ1v) is 17.3. The van der Waals surface area contributed by atoms with Crippen LogP contribution in [0.15, 0.2) is 48.7 Å². The fourth-order valence-corrected chi connectivity index (χ4v) is 5.85. The van der Waals surface area contributed by atoms with E-state index in [2.05, 4.69) is 24.7 Å². The van der Waals surface area contributed by atoms with Crippen LogP contribution in [0, 0.1) is 0 Å². The van der Waals surface area contributed by atoms with Crippen LogP contribution < -0.4 is 0 Å². The number of piperidine rings is 1. The van der Waals surface area contributed by atoms with Crippen LogP contribution in [-0.4, -0.2) is 66.9 Å². The number of ether oxygens (including phenoxy) is 2. The number of likely N-dealkylation sites (tertiary alicyclic amines) is 1. The van der Waals surface area contributed by atoms with Gasteiger partial charge in [0.1, 0.15) is 6.73 Å². The maximum atomic E-state index is 13.7. The fraction of sp³-hybridized carbons (Fsp3) is 0.517. The molecule has 218 valence electrons. The zero-order valence-corrected chi connectivity index (χ0v) is 24.3. The molecule has 0 spiro atoms. The van der Waals surface area contributed by atoms with Crippen molar-refractivity contribution in [3.8, 4) is 0 Å². The van der Waals surface area contributed by atoms with E-state index < -0.39 is 25.9 Å². The summed E-state index contributed by atoms with van der Waals surface area (Å²) in [6.45, 7) is 8.92. The predicted octanol–water partition coefficient (Wildman–Crippen LogP) is 6.64. The largest absolute Gasteiger partial charge is 0.465 e. The maximum absolute atomic E-state index is 13.7. The van der Waals surface area contributed by atoms with E-state index in [9.17, 15) is 23.1 Å². The van der Waals surface area contributed by atoms with Crippen LogP contribution in [0.3, 0.4) is 0 Å². The average Bonchev–Trinajstić information content (AvgIpc) is 3.32.